The molecule has 0 unspecified atom stereocenters. The Morgan fingerprint density at radius 1 is 1.12 bits per heavy atom. The minimum Gasteiger partial charge on any atom is -0.465 e. The molecule has 0 atom stereocenters. The molecule has 1 aliphatic rings. The van der Waals surface area contributed by atoms with Gasteiger partial charge >= 0.3 is 11.9 Å². The lowest BCUT2D eigenvalue weighted by Crippen LogP contribution is -2.28. The van der Waals surface area contributed by atoms with Crippen molar-refractivity contribution in [1.82, 2.24) is 5.43 Å². The molecular weight excluding hydrogens is 332 g/mol. The van der Waals surface area contributed by atoms with Crippen LogP contribution in [0.25, 0.3) is 0 Å². The number of ether oxygens (including phenoxy) is 2. The van der Waals surface area contributed by atoms with E-state index < -0.39 is 0 Å². The molecule has 1 saturated carbocycles. The van der Waals surface area contributed by atoms with Crippen LogP contribution in [0.5, 0.6) is 0 Å². The number of nitrogens with two attached hydrogens (primary N) is 1. The minimum absolute atomic E-state index is 0.0925. The van der Waals surface area contributed by atoms with E-state index in [-0.39, 0.29) is 23.8 Å². The standard InChI is InChI=1S/C20H32N2O4/c1-3-4-8-15-25-19(23)17-10-12-18(13-11-17)20(24)26-16(2)9-6-5-7-14-22-21/h5-7,9,17-18,22H,2-4,8,10-15,21H2,1H3/b7-5+,9-6-. The van der Waals surface area contributed by atoms with E-state index in [0.29, 0.717) is 44.6 Å². The highest BCUT2D eigenvalue weighted by atomic mass is 16.5. The molecule has 0 aliphatic heterocycles. The Kier molecular flexibility index (Phi) is 11.3. The van der Waals surface area contributed by atoms with Gasteiger partial charge in [0.1, 0.15) is 5.76 Å². The zero-order chi connectivity index (χ0) is 19.2. The second-order valence-electron chi connectivity index (χ2n) is 6.51. The van der Waals surface area contributed by atoms with Crippen LogP contribution >= 0.6 is 0 Å². The number of rotatable bonds is 11. The lowest BCUT2D eigenvalue weighted by Gasteiger charge is -2.25. The third-order valence-electron chi connectivity index (χ3n) is 4.38. The van der Waals surface area contributed by atoms with Crippen LogP contribution in [0.3, 0.4) is 0 Å². The molecule has 0 radical (unpaired) electrons. The predicted molar refractivity (Wildman–Crippen MR) is 102 cm³/mol. The number of carbonyl (C=O) groups is 2. The van der Waals surface area contributed by atoms with Crippen molar-refractivity contribution in [3.8, 4) is 0 Å². The minimum atomic E-state index is -0.276. The maximum Gasteiger partial charge on any atom is 0.314 e. The van der Waals surface area contributed by atoms with Crippen LogP contribution in [-0.4, -0.2) is 25.1 Å². The molecule has 0 heterocycles. The zero-order valence-electron chi connectivity index (χ0n) is 15.7. The second-order valence-corrected chi connectivity index (χ2v) is 6.51. The lowest BCUT2D eigenvalue weighted by molar-refractivity contribution is -0.153. The van der Waals surface area contributed by atoms with Crippen LogP contribution in [0.15, 0.2) is 36.6 Å². The quantitative estimate of drug-likeness (QED) is 0.146. The van der Waals surface area contributed by atoms with E-state index in [2.05, 4.69) is 18.9 Å². The fraction of sp³-hybridized carbons (Fsp3) is 0.600. The molecule has 1 fully saturated rings. The zero-order valence-corrected chi connectivity index (χ0v) is 15.7. The Balaban J connectivity index is 2.28. The van der Waals surface area contributed by atoms with Crippen LogP contribution in [0.1, 0.15) is 51.9 Å². The maximum absolute atomic E-state index is 12.2. The van der Waals surface area contributed by atoms with Crippen LogP contribution in [0.4, 0.5) is 0 Å². The van der Waals surface area contributed by atoms with Gasteiger partial charge in [0, 0.05) is 6.54 Å². The highest BCUT2D eigenvalue weighted by Gasteiger charge is 2.31. The van der Waals surface area contributed by atoms with E-state index in [0.717, 1.165) is 19.3 Å². The summed E-state index contributed by atoms with van der Waals surface area (Å²) in [5, 5.41) is 0. The smallest absolute Gasteiger partial charge is 0.314 e. The first-order chi connectivity index (χ1) is 12.6. The number of nitrogens with one attached hydrogen (secondary N) is 1. The lowest BCUT2D eigenvalue weighted by atomic mass is 9.82. The van der Waals surface area contributed by atoms with E-state index >= 15 is 0 Å². The van der Waals surface area contributed by atoms with Gasteiger partial charge in [-0.05, 0) is 38.2 Å². The highest BCUT2D eigenvalue weighted by molar-refractivity contribution is 5.76. The summed E-state index contributed by atoms with van der Waals surface area (Å²) < 4.78 is 10.6. The Bertz CT molecular complexity index is 506. The largest absolute Gasteiger partial charge is 0.465 e. The first-order valence-electron chi connectivity index (χ1n) is 9.42. The normalized spacial score (nSPS) is 20.4. The topological polar surface area (TPSA) is 90.6 Å². The van der Waals surface area contributed by atoms with Gasteiger partial charge in [-0.1, -0.05) is 44.6 Å². The monoisotopic (exact) mass is 364 g/mol. The highest BCUT2D eigenvalue weighted by Crippen LogP contribution is 2.31. The van der Waals surface area contributed by atoms with Gasteiger partial charge in [0.15, 0.2) is 0 Å². The van der Waals surface area contributed by atoms with Crippen LogP contribution < -0.4 is 11.3 Å². The van der Waals surface area contributed by atoms with Crippen LogP contribution in [-0.2, 0) is 19.1 Å². The summed E-state index contributed by atoms with van der Waals surface area (Å²) in [4.78, 5) is 24.2. The average molecular weight is 364 g/mol. The fourth-order valence-corrected chi connectivity index (χ4v) is 2.83. The molecule has 0 aromatic rings. The summed E-state index contributed by atoms with van der Waals surface area (Å²) in [6.07, 6.45) is 12.7. The van der Waals surface area contributed by atoms with Crippen LogP contribution in [0.2, 0.25) is 0 Å². The summed E-state index contributed by atoms with van der Waals surface area (Å²) in [6, 6.07) is 0. The summed E-state index contributed by atoms with van der Waals surface area (Å²) >= 11 is 0. The molecule has 3 N–H and O–H groups in total. The Morgan fingerprint density at radius 3 is 2.38 bits per heavy atom. The van der Waals surface area contributed by atoms with Gasteiger partial charge in [0.05, 0.1) is 18.4 Å². The molecule has 0 spiro atoms. The van der Waals surface area contributed by atoms with E-state index in [9.17, 15) is 9.59 Å². The first-order valence-corrected chi connectivity index (χ1v) is 9.42. The van der Waals surface area contributed by atoms with Gasteiger partial charge in [0.25, 0.3) is 0 Å². The van der Waals surface area contributed by atoms with E-state index in [1.165, 1.54) is 0 Å². The molecule has 26 heavy (non-hydrogen) atoms. The number of esters is 2. The molecule has 6 nitrogen and oxygen atoms in total. The summed E-state index contributed by atoms with van der Waals surface area (Å²) in [5.74, 6) is 4.77. The third kappa shape index (κ3) is 8.97. The van der Waals surface area contributed by atoms with Crippen molar-refractivity contribution in [2.75, 3.05) is 13.2 Å². The molecule has 146 valence electrons. The molecule has 0 bridgehead atoms. The van der Waals surface area contributed by atoms with Crippen LogP contribution in [0, 0.1) is 11.8 Å². The average Bonchev–Trinajstić information content (AvgIpc) is 2.65. The molecule has 0 aromatic carbocycles. The Morgan fingerprint density at radius 2 is 1.77 bits per heavy atom. The molecule has 1 aliphatic carbocycles. The number of carbonyl (C=O) groups excluding carboxylic acids is 2. The van der Waals surface area contributed by atoms with Crippen molar-refractivity contribution >= 4 is 11.9 Å². The number of unbranched alkanes of at least 4 members (excludes halogenated alkanes) is 2. The van der Waals surface area contributed by atoms with Gasteiger partial charge in [-0.2, -0.15) is 0 Å². The van der Waals surface area contributed by atoms with Gasteiger partial charge in [-0.25, -0.2) is 0 Å². The molecule has 0 amide bonds. The molecule has 0 aromatic heterocycles. The molecule has 6 heteroatoms. The predicted octanol–water partition coefficient (Wildman–Crippen LogP) is 3.16. The first kappa shape index (κ1) is 22.1. The second kappa shape index (κ2) is 13.3. The number of allylic oxidation sites excluding steroid dienone is 3. The van der Waals surface area contributed by atoms with E-state index in [4.69, 9.17) is 15.3 Å². The Labute approximate surface area is 156 Å². The van der Waals surface area contributed by atoms with Crippen molar-refractivity contribution in [3.63, 3.8) is 0 Å². The summed E-state index contributed by atoms with van der Waals surface area (Å²) in [6.45, 7) is 6.89. The van der Waals surface area contributed by atoms with Gasteiger partial charge in [0.2, 0.25) is 0 Å². The van der Waals surface area contributed by atoms with Crippen molar-refractivity contribution in [2.45, 2.75) is 51.9 Å². The number of hydrogen-bond donors (Lipinski definition) is 2. The fourth-order valence-electron chi connectivity index (χ4n) is 2.83. The molecular formula is C20H32N2O4. The van der Waals surface area contributed by atoms with Crippen molar-refractivity contribution in [3.05, 3.63) is 36.6 Å². The molecule has 0 saturated heterocycles. The van der Waals surface area contributed by atoms with E-state index in [1.807, 2.05) is 6.08 Å². The Hall–Kier alpha value is -1.92. The third-order valence-corrected chi connectivity index (χ3v) is 4.38. The summed E-state index contributed by atoms with van der Waals surface area (Å²) in [7, 11) is 0. The number of hydrogen-bond acceptors (Lipinski definition) is 6. The number of hydrazine groups is 1. The van der Waals surface area contributed by atoms with Crippen molar-refractivity contribution in [1.29, 1.82) is 0 Å². The van der Waals surface area contributed by atoms with Gasteiger partial charge in [-0.3, -0.25) is 20.9 Å². The maximum atomic E-state index is 12.2. The molecule has 1 rings (SSSR count). The van der Waals surface area contributed by atoms with Crippen molar-refractivity contribution < 1.29 is 19.1 Å². The summed E-state index contributed by atoms with van der Waals surface area (Å²) in [5.41, 5.74) is 2.50. The van der Waals surface area contributed by atoms with Gasteiger partial charge in [-0.15, -0.1) is 0 Å². The van der Waals surface area contributed by atoms with E-state index in [1.54, 1.807) is 18.2 Å². The SMILES string of the molecule is C=C(/C=C\C=C\CNN)OC(=O)C1CCC(C(=O)OCCCCC)CC1. The van der Waals surface area contributed by atoms with Crippen molar-refractivity contribution in [2.24, 2.45) is 17.7 Å². The van der Waals surface area contributed by atoms with Gasteiger partial charge < -0.3 is 9.47 Å².